The van der Waals surface area contributed by atoms with Gasteiger partial charge in [0.1, 0.15) is 12.4 Å². The van der Waals surface area contributed by atoms with E-state index in [0.717, 1.165) is 5.75 Å². The third kappa shape index (κ3) is 3.65. The Morgan fingerprint density at radius 1 is 1.15 bits per heavy atom. The molecule has 5 heteroatoms. The zero-order chi connectivity index (χ0) is 14.4. The number of hydrogen-bond donors (Lipinski definition) is 3. The van der Waals surface area contributed by atoms with E-state index in [1.54, 1.807) is 18.2 Å². The Kier molecular flexibility index (Phi) is 4.44. The molecule has 104 valence electrons. The Morgan fingerprint density at radius 2 is 1.90 bits per heavy atom. The Hall–Kier alpha value is -2.69. The average molecular weight is 271 g/mol. The van der Waals surface area contributed by atoms with Crippen molar-refractivity contribution in [1.82, 2.24) is 0 Å². The lowest BCUT2D eigenvalue weighted by atomic mass is 10.1. The molecular weight excluding hydrogens is 254 g/mol. The molecule has 5 nitrogen and oxygen atoms in total. The van der Waals surface area contributed by atoms with Crippen LogP contribution < -0.4 is 21.5 Å². The molecule has 0 saturated heterocycles. The number of carbonyl (C=O) groups is 1. The standard InChI is InChI=1S/C15H17N3O2/c16-13-7-6-11(15(17)19)10-14(13)18-8-9-20-12-4-2-1-3-5-12/h1-7,10,18H,8-9,16H2,(H2,17,19). The van der Waals surface area contributed by atoms with Crippen LogP contribution in [0, 0.1) is 0 Å². The number of anilines is 2. The van der Waals surface area contributed by atoms with Crippen molar-refractivity contribution in [1.29, 1.82) is 0 Å². The van der Waals surface area contributed by atoms with E-state index in [4.69, 9.17) is 16.2 Å². The number of ether oxygens (including phenoxy) is 1. The van der Waals surface area contributed by atoms with Crippen LogP contribution in [0.4, 0.5) is 11.4 Å². The van der Waals surface area contributed by atoms with Crippen molar-refractivity contribution < 1.29 is 9.53 Å². The van der Waals surface area contributed by atoms with Gasteiger partial charge in [0.15, 0.2) is 0 Å². The van der Waals surface area contributed by atoms with Gasteiger partial charge in [-0.05, 0) is 30.3 Å². The SMILES string of the molecule is NC(=O)c1ccc(N)c(NCCOc2ccccc2)c1. The molecule has 2 aromatic carbocycles. The Morgan fingerprint density at radius 3 is 2.60 bits per heavy atom. The van der Waals surface area contributed by atoms with Gasteiger partial charge in [-0.3, -0.25) is 4.79 Å². The van der Waals surface area contributed by atoms with Gasteiger partial charge in [-0.1, -0.05) is 18.2 Å². The van der Waals surface area contributed by atoms with Gasteiger partial charge >= 0.3 is 0 Å². The molecule has 0 bridgehead atoms. The minimum Gasteiger partial charge on any atom is -0.492 e. The summed E-state index contributed by atoms with van der Waals surface area (Å²) in [5.74, 6) is 0.335. The summed E-state index contributed by atoms with van der Waals surface area (Å²) in [6.07, 6.45) is 0. The number of rotatable bonds is 6. The van der Waals surface area contributed by atoms with Crippen molar-refractivity contribution in [3.05, 3.63) is 54.1 Å². The molecule has 5 N–H and O–H groups in total. The highest BCUT2D eigenvalue weighted by molar-refractivity contribution is 5.94. The molecule has 0 atom stereocenters. The van der Waals surface area contributed by atoms with E-state index in [0.29, 0.717) is 30.1 Å². The van der Waals surface area contributed by atoms with Crippen molar-refractivity contribution in [2.75, 3.05) is 24.2 Å². The second-order valence-electron chi connectivity index (χ2n) is 4.25. The molecule has 0 unspecified atom stereocenters. The maximum Gasteiger partial charge on any atom is 0.248 e. The first kappa shape index (κ1) is 13.7. The van der Waals surface area contributed by atoms with Gasteiger partial charge in [0, 0.05) is 12.1 Å². The highest BCUT2D eigenvalue weighted by atomic mass is 16.5. The van der Waals surface area contributed by atoms with Gasteiger partial charge in [0.2, 0.25) is 5.91 Å². The van der Waals surface area contributed by atoms with Crippen molar-refractivity contribution >= 4 is 17.3 Å². The lowest BCUT2D eigenvalue weighted by Crippen LogP contribution is -2.15. The number of carbonyl (C=O) groups excluding carboxylic acids is 1. The van der Waals surface area contributed by atoms with E-state index in [-0.39, 0.29) is 0 Å². The molecule has 0 aliphatic carbocycles. The number of para-hydroxylation sites is 1. The Balaban J connectivity index is 1.88. The Bertz CT molecular complexity index is 585. The molecule has 0 spiro atoms. The van der Waals surface area contributed by atoms with Crippen molar-refractivity contribution in [3.63, 3.8) is 0 Å². The molecule has 0 aromatic heterocycles. The van der Waals surface area contributed by atoms with Crippen LogP contribution in [0.5, 0.6) is 5.75 Å². The number of benzene rings is 2. The maximum atomic E-state index is 11.1. The summed E-state index contributed by atoms with van der Waals surface area (Å²) in [5, 5.41) is 3.12. The van der Waals surface area contributed by atoms with Gasteiger partial charge in [0.25, 0.3) is 0 Å². The fourth-order valence-corrected chi connectivity index (χ4v) is 1.73. The summed E-state index contributed by atoms with van der Waals surface area (Å²) in [7, 11) is 0. The molecule has 2 rings (SSSR count). The van der Waals surface area contributed by atoms with E-state index in [2.05, 4.69) is 5.32 Å². The van der Waals surface area contributed by atoms with Crippen LogP contribution in [-0.4, -0.2) is 19.1 Å². The van der Waals surface area contributed by atoms with Crippen LogP contribution in [-0.2, 0) is 0 Å². The smallest absolute Gasteiger partial charge is 0.248 e. The quantitative estimate of drug-likeness (QED) is 0.552. The molecule has 0 aliphatic heterocycles. The molecule has 0 heterocycles. The molecule has 2 aromatic rings. The number of nitrogens with two attached hydrogens (primary N) is 2. The predicted octanol–water partition coefficient (Wildman–Crippen LogP) is 1.86. The second kappa shape index (κ2) is 6.47. The summed E-state index contributed by atoms with van der Waals surface area (Å²) in [6.45, 7) is 1.06. The Labute approximate surface area is 117 Å². The van der Waals surface area contributed by atoms with Gasteiger partial charge in [0.05, 0.1) is 11.4 Å². The number of amides is 1. The predicted molar refractivity (Wildman–Crippen MR) is 79.8 cm³/mol. The highest BCUT2D eigenvalue weighted by Gasteiger charge is 2.04. The van der Waals surface area contributed by atoms with E-state index in [1.807, 2.05) is 30.3 Å². The highest BCUT2D eigenvalue weighted by Crippen LogP contribution is 2.19. The third-order valence-electron chi connectivity index (χ3n) is 2.77. The van der Waals surface area contributed by atoms with E-state index >= 15 is 0 Å². The van der Waals surface area contributed by atoms with E-state index in [1.165, 1.54) is 0 Å². The topological polar surface area (TPSA) is 90.4 Å². The summed E-state index contributed by atoms with van der Waals surface area (Å²) < 4.78 is 5.55. The third-order valence-corrected chi connectivity index (χ3v) is 2.77. The van der Waals surface area contributed by atoms with Gasteiger partial charge in [-0.2, -0.15) is 0 Å². The number of nitrogen functional groups attached to an aromatic ring is 1. The molecule has 0 fully saturated rings. The van der Waals surface area contributed by atoms with E-state index < -0.39 is 5.91 Å². The number of primary amides is 1. The molecule has 0 saturated carbocycles. The monoisotopic (exact) mass is 271 g/mol. The van der Waals surface area contributed by atoms with Gasteiger partial charge < -0.3 is 21.5 Å². The van der Waals surface area contributed by atoms with Crippen LogP contribution in [0.1, 0.15) is 10.4 Å². The van der Waals surface area contributed by atoms with E-state index in [9.17, 15) is 4.79 Å². The average Bonchev–Trinajstić information content (AvgIpc) is 2.46. The van der Waals surface area contributed by atoms with Crippen molar-refractivity contribution in [2.45, 2.75) is 0 Å². The lowest BCUT2D eigenvalue weighted by Gasteiger charge is -2.11. The first-order valence-corrected chi connectivity index (χ1v) is 6.28. The van der Waals surface area contributed by atoms with Crippen LogP contribution in [0.25, 0.3) is 0 Å². The minimum absolute atomic E-state index is 0.422. The van der Waals surface area contributed by atoms with Crippen LogP contribution >= 0.6 is 0 Å². The molecule has 0 aliphatic rings. The normalized spacial score (nSPS) is 10.0. The number of nitrogens with one attached hydrogen (secondary N) is 1. The summed E-state index contributed by atoms with van der Waals surface area (Å²) in [6, 6.07) is 14.4. The molecule has 20 heavy (non-hydrogen) atoms. The number of hydrogen-bond acceptors (Lipinski definition) is 4. The summed E-state index contributed by atoms with van der Waals surface area (Å²) >= 11 is 0. The first-order valence-electron chi connectivity index (χ1n) is 6.28. The van der Waals surface area contributed by atoms with Crippen LogP contribution in [0.15, 0.2) is 48.5 Å². The molecule has 0 radical (unpaired) electrons. The van der Waals surface area contributed by atoms with Gasteiger partial charge in [-0.15, -0.1) is 0 Å². The first-order chi connectivity index (χ1) is 9.66. The zero-order valence-corrected chi connectivity index (χ0v) is 11.0. The van der Waals surface area contributed by atoms with Gasteiger partial charge in [-0.25, -0.2) is 0 Å². The largest absolute Gasteiger partial charge is 0.492 e. The minimum atomic E-state index is -0.478. The van der Waals surface area contributed by atoms with Crippen LogP contribution in [0.3, 0.4) is 0 Å². The van der Waals surface area contributed by atoms with Crippen LogP contribution in [0.2, 0.25) is 0 Å². The summed E-state index contributed by atoms with van der Waals surface area (Å²) in [5.41, 5.74) is 12.7. The fraction of sp³-hybridized carbons (Fsp3) is 0.133. The lowest BCUT2D eigenvalue weighted by molar-refractivity contribution is 0.100. The molecule has 1 amide bonds. The molecular formula is C15H17N3O2. The van der Waals surface area contributed by atoms with Crippen molar-refractivity contribution in [2.24, 2.45) is 5.73 Å². The second-order valence-corrected chi connectivity index (χ2v) is 4.25. The zero-order valence-electron chi connectivity index (χ0n) is 11.0. The van der Waals surface area contributed by atoms with Crippen molar-refractivity contribution in [3.8, 4) is 5.75 Å². The maximum absolute atomic E-state index is 11.1. The summed E-state index contributed by atoms with van der Waals surface area (Å²) in [4.78, 5) is 11.1. The fourth-order valence-electron chi connectivity index (χ4n) is 1.73.